The Morgan fingerprint density at radius 3 is 1.97 bits per heavy atom. The van der Waals surface area contributed by atoms with Crippen LogP contribution in [0.3, 0.4) is 0 Å². The van der Waals surface area contributed by atoms with Crippen LogP contribution in [0.4, 0.5) is 5.69 Å². The van der Waals surface area contributed by atoms with Gasteiger partial charge in [-0.15, -0.1) is 35.6 Å². The van der Waals surface area contributed by atoms with Gasteiger partial charge >= 0.3 is 15.2 Å². The van der Waals surface area contributed by atoms with Gasteiger partial charge in [-0.1, -0.05) is 12.1 Å². The molecule has 1 aromatic rings. The highest BCUT2D eigenvalue weighted by molar-refractivity contribution is 7.72. The highest BCUT2D eigenvalue weighted by Gasteiger charge is 2.58. The zero-order valence-electron chi connectivity index (χ0n) is 18.3. The van der Waals surface area contributed by atoms with E-state index in [4.69, 9.17) is 48.5 Å². The van der Waals surface area contributed by atoms with E-state index in [-0.39, 0.29) is 38.2 Å². The van der Waals surface area contributed by atoms with Crippen LogP contribution in [0.25, 0.3) is 0 Å². The first kappa shape index (κ1) is 33.6. The summed E-state index contributed by atoms with van der Waals surface area (Å²) in [7, 11) is -11.0. The molecule has 34 heavy (non-hydrogen) atoms. The van der Waals surface area contributed by atoms with Gasteiger partial charge in [0.05, 0.1) is 6.04 Å². The van der Waals surface area contributed by atoms with Crippen molar-refractivity contribution in [3.05, 3.63) is 29.8 Å². The standard InChI is InChI=1S/C18H31Cl2N3O8P2.ClH/c19-8-11-23(12-9-20)15-5-3-14(4-6-15)13-16(21)17(24)22-10-2-1-7-18(25,32(26,27)28)33(29,30)31;/h3-6,16,25H,1-2,7-13,21H2,(H,22,24)(H2,26,27,28)(H2,29,30,31);1H/t16-;/m0./s1. The molecule has 0 saturated carbocycles. The Hall–Kier alpha value is -0.420. The second-order valence-corrected chi connectivity index (χ2v) is 12.2. The van der Waals surface area contributed by atoms with E-state index in [2.05, 4.69) is 5.32 Å². The van der Waals surface area contributed by atoms with E-state index in [9.17, 15) is 19.0 Å². The van der Waals surface area contributed by atoms with Crippen LogP contribution in [0.15, 0.2) is 24.3 Å². The van der Waals surface area contributed by atoms with Crippen molar-refractivity contribution in [3.8, 4) is 0 Å². The Kier molecular flexibility index (Phi) is 14.8. The molecule has 1 aromatic carbocycles. The number of amides is 1. The summed E-state index contributed by atoms with van der Waals surface area (Å²) >= 11 is 11.6. The van der Waals surface area contributed by atoms with Gasteiger partial charge in [0.15, 0.2) is 0 Å². The number of hydrogen-bond acceptors (Lipinski definition) is 6. The van der Waals surface area contributed by atoms with Crippen molar-refractivity contribution in [1.29, 1.82) is 0 Å². The minimum Gasteiger partial charge on any atom is -0.369 e. The van der Waals surface area contributed by atoms with Gasteiger partial charge in [-0.05, 0) is 43.4 Å². The lowest BCUT2D eigenvalue weighted by molar-refractivity contribution is -0.122. The second-order valence-electron chi connectivity index (χ2n) is 7.45. The van der Waals surface area contributed by atoms with Crippen molar-refractivity contribution in [1.82, 2.24) is 5.32 Å². The van der Waals surface area contributed by atoms with Crippen LogP contribution in [-0.4, -0.2) is 73.1 Å². The van der Waals surface area contributed by atoms with Crippen molar-refractivity contribution in [2.75, 3.05) is 36.3 Å². The fourth-order valence-electron chi connectivity index (χ4n) is 3.05. The smallest absolute Gasteiger partial charge is 0.369 e. The fraction of sp³-hybridized carbons (Fsp3) is 0.611. The molecule has 8 N–H and O–H groups in total. The zero-order valence-corrected chi connectivity index (χ0v) is 22.4. The number of aliphatic hydroxyl groups is 1. The van der Waals surface area contributed by atoms with Crippen LogP contribution in [0, 0.1) is 0 Å². The van der Waals surface area contributed by atoms with E-state index in [1.54, 1.807) is 0 Å². The molecule has 1 rings (SSSR count). The first-order chi connectivity index (χ1) is 15.3. The van der Waals surface area contributed by atoms with Crippen LogP contribution in [-0.2, 0) is 20.3 Å². The Bertz CT molecular complexity index is 825. The maximum atomic E-state index is 12.2. The molecule has 0 unspecified atom stereocenters. The Morgan fingerprint density at radius 1 is 1.03 bits per heavy atom. The molecule has 0 heterocycles. The van der Waals surface area contributed by atoms with Gasteiger partial charge in [-0.2, -0.15) is 0 Å². The molecule has 0 fully saturated rings. The van der Waals surface area contributed by atoms with Gasteiger partial charge in [0.2, 0.25) is 5.91 Å². The first-order valence-corrected chi connectivity index (χ1v) is 14.4. The lowest BCUT2D eigenvalue weighted by atomic mass is 10.1. The third kappa shape index (κ3) is 9.91. The van der Waals surface area contributed by atoms with E-state index >= 15 is 0 Å². The maximum absolute atomic E-state index is 12.2. The maximum Gasteiger partial charge on any atom is 0.369 e. The summed E-state index contributed by atoms with van der Waals surface area (Å²) in [5.74, 6) is 0.466. The van der Waals surface area contributed by atoms with Gasteiger partial charge in [-0.3, -0.25) is 13.9 Å². The predicted molar refractivity (Wildman–Crippen MR) is 135 cm³/mol. The molecule has 1 atom stereocenters. The highest BCUT2D eigenvalue weighted by Crippen LogP contribution is 2.69. The summed E-state index contributed by atoms with van der Waals surface area (Å²) in [6, 6.07) is 6.63. The molecule has 0 aliphatic rings. The number of nitrogens with zero attached hydrogens (tertiary/aromatic N) is 1. The quantitative estimate of drug-likeness (QED) is 0.0900. The molecule has 11 nitrogen and oxygen atoms in total. The molecule has 0 saturated heterocycles. The SMILES string of the molecule is Cl.N[C@@H](Cc1ccc(N(CCCl)CCCl)cc1)C(=O)NCCCCC(O)(P(=O)(O)O)P(=O)(O)O. The molecular weight excluding hydrogens is 555 g/mol. The number of halogens is 3. The average Bonchev–Trinajstić information content (AvgIpc) is 2.72. The van der Waals surface area contributed by atoms with E-state index in [0.717, 1.165) is 11.3 Å². The number of hydrogen-bond donors (Lipinski definition) is 7. The lowest BCUT2D eigenvalue weighted by Gasteiger charge is -2.29. The normalized spacial score (nSPS) is 13.2. The molecule has 0 radical (unpaired) electrons. The zero-order chi connectivity index (χ0) is 25.3. The van der Waals surface area contributed by atoms with Crippen LogP contribution in [0.2, 0.25) is 0 Å². The minimum absolute atomic E-state index is 0. The van der Waals surface area contributed by atoms with Gasteiger partial charge in [0, 0.05) is 37.1 Å². The Balaban J connectivity index is 0.0000109. The number of carbonyl (C=O) groups excluding carboxylic acids is 1. The van der Waals surface area contributed by atoms with E-state index in [0.29, 0.717) is 24.8 Å². The van der Waals surface area contributed by atoms with Crippen molar-refractivity contribution >= 4 is 62.4 Å². The predicted octanol–water partition coefficient (Wildman–Crippen LogP) is 1.55. The number of nitrogens with two attached hydrogens (primary N) is 1. The van der Waals surface area contributed by atoms with E-state index in [1.165, 1.54) is 0 Å². The molecule has 0 spiro atoms. The van der Waals surface area contributed by atoms with Crippen LogP contribution >= 0.6 is 50.8 Å². The van der Waals surface area contributed by atoms with Crippen LogP contribution < -0.4 is 16.0 Å². The Morgan fingerprint density at radius 2 is 1.53 bits per heavy atom. The molecule has 0 aliphatic carbocycles. The van der Waals surface area contributed by atoms with Gasteiger partial charge in [0.1, 0.15) is 0 Å². The van der Waals surface area contributed by atoms with Crippen LogP contribution in [0.1, 0.15) is 24.8 Å². The summed E-state index contributed by atoms with van der Waals surface area (Å²) in [6.07, 6.45) is -0.592. The van der Waals surface area contributed by atoms with E-state index < -0.39 is 38.6 Å². The van der Waals surface area contributed by atoms with Gasteiger partial charge in [0.25, 0.3) is 5.08 Å². The molecule has 198 valence electrons. The first-order valence-electron chi connectivity index (χ1n) is 10.1. The molecule has 0 aliphatic heterocycles. The number of benzene rings is 1. The lowest BCUT2D eigenvalue weighted by Crippen LogP contribution is -2.42. The third-order valence-corrected chi connectivity index (χ3v) is 9.19. The number of anilines is 1. The summed E-state index contributed by atoms with van der Waals surface area (Å²) < 4.78 is 22.6. The number of carbonyl (C=O) groups is 1. The van der Waals surface area contributed by atoms with Crippen molar-refractivity contribution in [3.63, 3.8) is 0 Å². The monoisotopic (exact) mass is 585 g/mol. The second kappa shape index (κ2) is 15.0. The highest BCUT2D eigenvalue weighted by atomic mass is 35.5. The van der Waals surface area contributed by atoms with Crippen molar-refractivity contribution < 1.29 is 38.6 Å². The summed E-state index contributed by atoms with van der Waals surface area (Å²) in [4.78, 5) is 50.6. The van der Waals surface area contributed by atoms with Crippen molar-refractivity contribution in [2.24, 2.45) is 5.73 Å². The Labute approximate surface area is 214 Å². The summed E-state index contributed by atoms with van der Waals surface area (Å²) in [6.45, 7) is 1.35. The molecule has 0 bridgehead atoms. The molecule has 0 aromatic heterocycles. The molecular formula is C18H32Cl3N3O8P2. The topological polar surface area (TPSA) is 194 Å². The van der Waals surface area contributed by atoms with Gasteiger partial charge in [-0.25, -0.2) is 0 Å². The van der Waals surface area contributed by atoms with Gasteiger partial charge < -0.3 is 40.6 Å². The minimum atomic E-state index is -5.48. The van der Waals surface area contributed by atoms with Crippen molar-refractivity contribution in [2.45, 2.75) is 36.8 Å². The largest absolute Gasteiger partial charge is 0.369 e. The third-order valence-electron chi connectivity index (χ3n) is 4.97. The number of nitrogens with one attached hydrogen (secondary N) is 1. The fourth-order valence-corrected chi connectivity index (χ4v) is 5.72. The molecule has 16 heteroatoms. The average molecular weight is 587 g/mol. The number of rotatable bonds is 15. The number of unbranched alkanes of at least 4 members (excludes halogenated alkanes) is 1. The number of alkyl halides is 2. The molecule has 1 amide bonds. The van der Waals surface area contributed by atoms with Crippen LogP contribution in [0.5, 0.6) is 0 Å². The van der Waals surface area contributed by atoms with E-state index in [1.807, 2.05) is 29.2 Å². The summed E-state index contributed by atoms with van der Waals surface area (Å²) in [5, 5.41) is 8.92. The summed E-state index contributed by atoms with van der Waals surface area (Å²) in [5.41, 5.74) is 7.72.